The Bertz CT molecular complexity index is 1240. The summed E-state index contributed by atoms with van der Waals surface area (Å²) in [6.45, 7) is 0. The molecule has 0 spiro atoms. The molecule has 0 aliphatic rings. The number of nitrogens with zero attached hydrogens (tertiary/aromatic N) is 3. The van der Waals surface area contributed by atoms with Gasteiger partial charge in [0.2, 0.25) is 5.82 Å². The molecule has 4 rings (SSSR count). The lowest BCUT2D eigenvalue weighted by Gasteiger charge is -2.07. The van der Waals surface area contributed by atoms with Gasteiger partial charge in [-0.05, 0) is 66.7 Å². The van der Waals surface area contributed by atoms with E-state index in [1.54, 1.807) is 61.7 Å². The minimum absolute atomic E-state index is 0.0683. The fourth-order valence-electron chi connectivity index (χ4n) is 2.85. The van der Waals surface area contributed by atoms with Crippen molar-refractivity contribution in [2.24, 2.45) is 0 Å². The zero-order valence-electron chi connectivity index (χ0n) is 16.1. The van der Waals surface area contributed by atoms with Gasteiger partial charge in [-0.2, -0.15) is 0 Å². The molecule has 1 amide bonds. The molecule has 6 nitrogen and oxygen atoms in total. The Balaban J connectivity index is 1.73. The molecule has 31 heavy (non-hydrogen) atoms. The zero-order valence-corrected chi connectivity index (χ0v) is 17.7. The van der Waals surface area contributed by atoms with Crippen LogP contribution in [0.25, 0.3) is 17.1 Å². The van der Waals surface area contributed by atoms with Crippen LogP contribution in [0.4, 0.5) is 10.1 Å². The molecule has 1 aromatic heterocycles. The summed E-state index contributed by atoms with van der Waals surface area (Å²) in [5.41, 5.74) is 1.67. The summed E-state index contributed by atoms with van der Waals surface area (Å²) in [5, 5.41) is 7.80. The lowest BCUT2D eigenvalue weighted by molar-refractivity contribution is 0.101. The first-order valence-electron chi connectivity index (χ1n) is 9.08. The summed E-state index contributed by atoms with van der Waals surface area (Å²) in [5.74, 6) is 0.0484. The lowest BCUT2D eigenvalue weighted by Crippen LogP contribution is -2.14. The number of halogens is 3. The summed E-state index contributed by atoms with van der Waals surface area (Å²) >= 11 is 12.2. The molecule has 0 radical (unpaired) electrons. The summed E-state index contributed by atoms with van der Waals surface area (Å²) < 4.78 is 20.0. The van der Waals surface area contributed by atoms with Crippen LogP contribution in [0, 0.1) is 5.82 Å². The predicted octanol–water partition coefficient (Wildman–Crippen LogP) is 5.64. The second-order valence-electron chi connectivity index (χ2n) is 6.46. The van der Waals surface area contributed by atoms with Crippen molar-refractivity contribution >= 4 is 34.8 Å². The number of methoxy groups -OCH3 is 1. The monoisotopic (exact) mass is 456 g/mol. The van der Waals surface area contributed by atoms with Crippen molar-refractivity contribution < 1.29 is 13.9 Å². The Hall–Kier alpha value is -3.42. The van der Waals surface area contributed by atoms with Gasteiger partial charge >= 0.3 is 0 Å². The molecule has 0 fully saturated rings. The third kappa shape index (κ3) is 4.52. The van der Waals surface area contributed by atoms with Gasteiger partial charge in [0.1, 0.15) is 11.6 Å². The molecule has 4 aromatic rings. The third-order valence-corrected chi connectivity index (χ3v) is 5.15. The van der Waals surface area contributed by atoms with Crippen LogP contribution in [0.1, 0.15) is 10.6 Å². The van der Waals surface area contributed by atoms with E-state index in [2.05, 4.69) is 15.4 Å². The van der Waals surface area contributed by atoms with E-state index in [0.29, 0.717) is 38.6 Å². The predicted molar refractivity (Wildman–Crippen MR) is 118 cm³/mol. The number of benzene rings is 3. The van der Waals surface area contributed by atoms with Crippen molar-refractivity contribution in [3.63, 3.8) is 0 Å². The largest absolute Gasteiger partial charge is 0.497 e. The molecule has 0 aliphatic carbocycles. The Labute approximate surface area is 187 Å². The van der Waals surface area contributed by atoms with E-state index >= 15 is 0 Å². The molecular weight excluding hydrogens is 442 g/mol. The number of hydrogen-bond donors (Lipinski definition) is 1. The van der Waals surface area contributed by atoms with E-state index in [-0.39, 0.29) is 11.6 Å². The average molecular weight is 457 g/mol. The van der Waals surface area contributed by atoms with Crippen molar-refractivity contribution in [2.45, 2.75) is 0 Å². The van der Waals surface area contributed by atoms with Crippen LogP contribution in [0.15, 0.2) is 66.7 Å². The van der Waals surface area contributed by atoms with E-state index in [0.717, 1.165) is 0 Å². The Morgan fingerprint density at radius 3 is 2.35 bits per heavy atom. The first kappa shape index (κ1) is 20.8. The smallest absolute Gasteiger partial charge is 0.295 e. The van der Waals surface area contributed by atoms with E-state index in [4.69, 9.17) is 27.9 Å². The molecule has 9 heteroatoms. The van der Waals surface area contributed by atoms with Crippen LogP contribution in [-0.4, -0.2) is 27.8 Å². The molecule has 0 saturated heterocycles. The van der Waals surface area contributed by atoms with Gasteiger partial charge in [0.25, 0.3) is 5.91 Å². The number of carbonyl (C=O) groups excluding carboxylic acids is 1. The third-order valence-electron chi connectivity index (χ3n) is 4.41. The quantitative estimate of drug-likeness (QED) is 0.421. The molecule has 3 aromatic carbocycles. The van der Waals surface area contributed by atoms with Crippen LogP contribution in [-0.2, 0) is 0 Å². The van der Waals surface area contributed by atoms with Crippen LogP contribution in [0.2, 0.25) is 10.0 Å². The van der Waals surface area contributed by atoms with Crippen LogP contribution < -0.4 is 10.1 Å². The van der Waals surface area contributed by atoms with Gasteiger partial charge in [-0.1, -0.05) is 23.2 Å². The van der Waals surface area contributed by atoms with E-state index < -0.39 is 5.91 Å². The molecular formula is C22H15Cl2FN4O2. The highest BCUT2D eigenvalue weighted by molar-refractivity contribution is 6.42. The summed E-state index contributed by atoms with van der Waals surface area (Å²) in [6.07, 6.45) is 0. The molecule has 0 bridgehead atoms. The van der Waals surface area contributed by atoms with Crippen molar-refractivity contribution in [1.82, 2.24) is 14.8 Å². The van der Waals surface area contributed by atoms with Crippen molar-refractivity contribution in [2.75, 3.05) is 12.4 Å². The summed E-state index contributed by atoms with van der Waals surface area (Å²) in [6, 6.07) is 17.5. The standard InChI is InChI=1S/C22H15Cl2FN4O2/c1-31-17-9-6-15(7-10-17)26-22(30)20-27-21(13-2-4-14(25)5-3-13)29(28-20)16-8-11-18(23)19(24)12-16/h2-12H,1H3,(H,26,30). The minimum atomic E-state index is -0.507. The first-order chi connectivity index (χ1) is 14.9. The summed E-state index contributed by atoms with van der Waals surface area (Å²) in [7, 11) is 1.56. The van der Waals surface area contributed by atoms with Gasteiger partial charge in [-0.15, -0.1) is 5.10 Å². The second-order valence-corrected chi connectivity index (χ2v) is 7.27. The number of amides is 1. The fourth-order valence-corrected chi connectivity index (χ4v) is 3.14. The maximum atomic E-state index is 13.4. The Kier molecular flexibility index (Phi) is 5.88. The fraction of sp³-hybridized carbons (Fsp3) is 0.0455. The van der Waals surface area contributed by atoms with Gasteiger partial charge in [-0.25, -0.2) is 14.1 Å². The molecule has 0 saturated carbocycles. The maximum absolute atomic E-state index is 13.4. The Morgan fingerprint density at radius 2 is 1.71 bits per heavy atom. The SMILES string of the molecule is COc1ccc(NC(=O)c2nc(-c3ccc(F)cc3)n(-c3ccc(Cl)c(Cl)c3)n2)cc1. The van der Waals surface area contributed by atoms with Crippen LogP contribution in [0.5, 0.6) is 5.75 Å². The van der Waals surface area contributed by atoms with Gasteiger partial charge in [-0.3, -0.25) is 4.79 Å². The van der Waals surface area contributed by atoms with E-state index in [1.807, 2.05) is 0 Å². The number of nitrogens with one attached hydrogen (secondary N) is 1. The number of ether oxygens (including phenoxy) is 1. The average Bonchev–Trinajstić information content (AvgIpc) is 3.22. The highest BCUT2D eigenvalue weighted by Crippen LogP contribution is 2.27. The van der Waals surface area contributed by atoms with E-state index in [9.17, 15) is 9.18 Å². The number of hydrogen-bond acceptors (Lipinski definition) is 4. The first-order valence-corrected chi connectivity index (χ1v) is 9.84. The van der Waals surface area contributed by atoms with Gasteiger partial charge in [0.15, 0.2) is 5.82 Å². The van der Waals surface area contributed by atoms with Gasteiger partial charge in [0.05, 0.1) is 22.8 Å². The highest BCUT2D eigenvalue weighted by Gasteiger charge is 2.19. The van der Waals surface area contributed by atoms with Crippen molar-refractivity contribution in [1.29, 1.82) is 0 Å². The normalized spacial score (nSPS) is 10.7. The number of aromatic nitrogens is 3. The minimum Gasteiger partial charge on any atom is -0.497 e. The molecule has 0 aliphatic heterocycles. The molecule has 1 N–H and O–H groups in total. The molecule has 0 atom stereocenters. The number of rotatable bonds is 5. The molecule has 1 heterocycles. The highest BCUT2D eigenvalue weighted by atomic mass is 35.5. The summed E-state index contributed by atoms with van der Waals surface area (Å²) in [4.78, 5) is 17.2. The van der Waals surface area contributed by atoms with Crippen molar-refractivity contribution in [3.8, 4) is 22.8 Å². The lowest BCUT2D eigenvalue weighted by atomic mass is 10.2. The van der Waals surface area contributed by atoms with Gasteiger partial charge < -0.3 is 10.1 Å². The zero-order chi connectivity index (χ0) is 22.0. The molecule has 156 valence electrons. The Morgan fingerprint density at radius 1 is 1.00 bits per heavy atom. The van der Waals surface area contributed by atoms with E-state index in [1.165, 1.54) is 16.8 Å². The van der Waals surface area contributed by atoms with Crippen LogP contribution in [0.3, 0.4) is 0 Å². The van der Waals surface area contributed by atoms with Crippen molar-refractivity contribution in [3.05, 3.63) is 88.4 Å². The number of anilines is 1. The number of carbonyl (C=O) groups is 1. The van der Waals surface area contributed by atoms with Crippen LogP contribution >= 0.6 is 23.2 Å². The topological polar surface area (TPSA) is 69.0 Å². The molecule has 0 unspecified atom stereocenters. The second kappa shape index (κ2) is 8.75. The van der Waals surface area contributed by atoms with Gasteiger partial charge in [0, 0.05) is 11.3 Å². The maximum Gasteiger partial charge on any atom is 0.295 e.